The van der Waals surface area contributed by atoms with Gasteiger partial charge < -0.3 is 24.2 Å². The number of hydrogen-bond acceptors (Lipinski definition) is 6. The van der Waals surface area contributed by atoms with Crippen molar-refractivity contribution in [2.24, 2.45) is 0 Å². The summed E-state index contributed by atoms with van der Waals surface area (Å²) in [5, 5.41) is 11.4. The van der Waals surface area contributed by atoms with Gasteiger partial charge in [-0.1, -0.05) is 24.3 Å². The van der Waals surface area contributed by atoms with Gasteiger partial charge in [-0.05, 0) is 48.9 Å². The number of ketones is 1. The number of ether oxygens (including phenoxy) is 3. The monoisotopic (exact) mass is 451 g/mol. The predicted molar refractivity (Wildman–Crippen MR) is 124 cm³/mol. The number of likely N-dealkylation sites (tertiary alicyclic amines) is 1. The molecule has 2 aromatic rings. The smallest absolute Gasteiger partial charge is 0.295 e. The van der Waals surface area contributed by atoms with Crippen molar-refractivity contribution in [1.29, 1.82) is 0 Å². The molecule has 1 amide bonds. The maximum absolute atomic E-state index is 13.2. The Kier molecular flexibility index (Phi) is 6.70. The van der Waals surface area contributed by atoms with E-state index in [9.17, 15) is 14.7 Å². The summed E-state index contributed by atoms with van der Waals surface area (Å²) in [6.45, 7) is 0.432. The van der Waals surface area contributed by atoms with Crippen LogP contribution in [-0.2, 0) is 27.2 Å². The number of fused-ring (bicyclic) bond motifs is 1. The lowest BCUT2D eigenvalue weighted by Gasteiger charge is -2.27. The standard InChI is InChI=1S/C26H29NO6/c1-31-14-13-27-22(19-9-6-10-20(32-2)25(19)33-3)21(24(29)26(27)30)23(28)18-12-11-16-7-4-5-8-17(16)15-18/h6,9-12,15,22,28H,4-5,7-8,13-14H2,1-3H3/b23-21+. The van der Waals surface area contributed by atoms with Gasteiger partial charge in [0, 0.05) is 24.8 Å². The normalized spacial score (nSPS) is 19.5. The zero-order chi connectivity index (χ0) is 23.5. The lowest BCUT2D eigenvalue weighted by Crippen LogP contribution is -2.32. The lowest BCUT2D eigenvalue weighted by molar-refractivity contribution is -0.140. The molecule has 1 fully saturated rings. The minimum atomic E-state index is -0.832. The van der Waals surface area contributed by atoms with Crippen molar-refractivity contribution < 1.29 is 28.9 Å². The number of aliphatic hydroxyl groups is 1. The van der Waals surface area contributed by atoms with E-state index in [-0.39, 0.29) is 24.5 Å². The third-order valence-corrected chi connectivity index (χ3v) is 6.43. The molecule has 0 spiro atoms. The predicted octanol–water partition coefficient (Wildman–Crippen LogP) is 3.65. The number of hydrogen-bond donors (Lipinski definition) is 1. The highest BCUT2D eigenvalue weighted by molar-refractivity contribution is 6.46. The fourth-order valence-electron chi connectivity index (χ4n) is 4.79. The molecule has 0 bridgehead atoms. The van der Waals surface area contributed by atoms with Crippen LogP contribution in [-0.4, -0.2) is 56.2 Å². The minimum absolute atomic E-state index is 0.0402. The van der Waals surface area contributed by atoms with E-state index in [1.807, 2.05) is 18.2 Å². The van der Waals surface area contributed by atoms with Crippen molar-refractivity contribution in [3.8, 4) is 11.5 Å². The Hall–Kier alpha value is -3.32. The van der Waals surface area contributed by atoms with Crippen LogP contribution in [0.4, 0.5) is 0 Å². The first-order valence-electron chi connectivity index (χ1n) is 11.1. The number of benzene rings is 2. The van der Waals surface area contributed by atoms with Crippen LogP contribution in [0.15, 0.2) is 42.0 Å². The van der Waals surface area contributed by atoms with Gasteiger partial charge in [-0.25, -0.2) is 0 Å². The highest BCUT2D eigenvalue weighted by Crippen LogP contribution is 2.45. The molecule has 4 rings (SSSR count). The number of carbonyl (C=O) groups excluding carboxylic acids is 2. The van der Waals surface area contributed by atoms with Crippen molar-refractivity contribution in [2.45, 2.75) is 31.7 Å². The van der Waals surface area contributed by atoms with E-state index in [2.05, 4.69) is 0 Å². The summed E-state index contributed by atoms with van der Waals surface area (Å²) in [5.41, 5.74) is 3.58. The molecule has 0 radical (unpaired) electrons. The van der Waals surface area contributed by atoms with Crippen LogP contribution in [0.5, 0.6) is 11.5 Å². The fraction of sp³-hybridized carbons (Fsp3) is 0.385. The first-order chi connectivity index (χ1) is 16.0. The van der Waals surface area contributed by atoms with E-state index < -0.39 is 17.7 Å². The molecule has 0 saturated carbocycles. The zero-order valence-corrected chi connectivity index (χ0v) is 19.2. The highest BCUT2D eigenvalue weighted by Gasteiger charge is 2.47. The maximum atomic E-state index is 13.2. The Morgan fingerprint density at radius 1 is 1.03 bits per heavy atom. The van der Waals surface area contributed by atoms with Gasteiger partial charge in [-0.3, -0.25) is 9.59 Å². The van der Waals surface area contributed by atoms with E-state index in [4.69, 9.17) is 14.2 Å². The third kappa shape index (κ3) is 4.09. The zero-order valence-electron chi connectivity index (χ0n) is 19.2. The molecule has 7 heteroatoms. The number of para-hydroxylation sites is 1. The summed E-state index contributed by atoms with van der Waals surface area (Å²) in [4.78, 5) is 27.7. The molecule has 0 aromatic heterocycles. The van der Waals surface area contributed by atoms with E-state index in [0.717, 1.165) is 25.7 Å². The molecule has 1 unspecified atom stereocenters. The van der Waals surface area contributed by atoms with Gasteiger partial charge in [0.05, 0.1) is 32.4 Å². The first kappa shape index (κ1) is 22.9. The number of carbonyl (C=O) groups is 2. The largest absolute Gasteiger partial charge is 0.507 e. The Bertz CT molecular complexity index is 1110. The molecule has 2 aliphatic rings. The number of aliphatic hydroxyl groups excluding tert-OH is 1. The van der Waals surface area contributed by atoms with Crippen LogP contribution in [0.1, 0.15) is 41.1 Å². The molecule has 1 aliphatic carbocycles. The highest BCUT2D eigenvalue weighted by atomic mass is 16.5. The van der Waals surface area contributed by atoms with E-state index in [0.29, 0.717) is 22.6 Å². The summed E-state index contributed by atoms with van der Waals surface area (Å²) < 4.78 is 16.2. The van der Waals surface area contributed by atoms with Gasteiger partial charge in [0.15, 0.2) is 11.5 Å². The van der Waals surface area contributed by atoms with Gasteiger partial charge in [0.2, 0.25) is 0 Å². The third-order valence-electron chi connectivity index (χ3n) is 6.43. The number of Topliss-reactive ketones (excluding diaryl/α,β-unsaturated/α-hetero) is 1. The van der Waals surface area contributed by atoms with Crippen LogP contribution in [0.25, 0.3) is 5.76 Å². The van der Waals surface area contributed by atoms with Crippen molar-refractivity contribution in [1.82, 2.24) is 4.90 Å². The van der Waals surface area contributed by atoms with Crippen LogP contribution < -0.4 is 9.47 Å². The molecule has 1 atom stereocenters. The fourth-order valence-corrected chi connectivity index (χ4v) is 4.79. The van der Waals surface area contributed by atoms with Crippen LogP contribution in [0, 0.1) is 0 Å². The molecule has 1 aliphatic heterocycles. The van der Waals surface area contributed by atoms with E-state index in [1.54, 1.807) is 18.2 Å². The van der Waals surface area contributed by atoms with Crippen LogP contribution in [0.2, 0.25) is 0 Å². The molecule has 1 saturated heterocycles. The van der Waals surface area contributed by atoms with Gasteiger partial charge >= 0.3 is 0 Å². The average Bonchev–Trinajstić information content (AvgIpc) is 3.10. The van der Waals surface area contributed by atoms with Gasteiger partial charge in [-0.2, -0.15) is 0 Å². The van der Waals surface area contributed by atoms with Crippen molar-refractivity contribution in [3.63, 3.8) is 0 Å². The summed E-state index contributed by atoms with van der Waals surface area (Å²) in [6, 6.07) is 10.2. The lowest BCUT2D eigenvalue weighted by atomic mass is 9.88. The molecule has 1 N–H and O–H groups in total. The molecular formula is C26H29NO6. The van der Waals surface area contributed by atoms with Gasteiger partial charge in [0.1, 0.15) is 5.76 Å². The van der Waals surface area contributed by atoms with Crippen LogP contribution in [0.3, 0.4) is 0 Å². The second-order valence-corrected chi connectivity index (χ2v) is 8.26. The Labute approximate surface area is 193 Å². The number of methoxy groups -OCH3 is 3. The summed E-state index contributed by atoms with van der Waals surface area (Å²) in [6.07, 6.45) is 4.20. The Morgan fingerprint density at radius 2 is 1.79 bits per heavy atom. The topological polar surface area (TPSA) is 85.3 Å². The van der Waals surface area contributed by atoms with Gasteiger partial charge in [0.25, 0.3) is 11.7 Å². The minimum Gasteiger partial charge on any atom is -0.507 e. The van der Waals surface area contributed by atoms with Crippen molar-refractivity contribution in [3.05, 3.63) is 64.2 Å². The number of nitrogens with zero attached hydrogens (tertiary/aromatic N) is 1. The van der Waals surface area contributed by atoms with Crippen molar-refractivity contribution in [2.75, 3.05) is 34.5 Å². The second kappa shape index (κ2) is 9.67. The summed E-state index contributed by atoms with van der Waals surface area (Å²) in [5.74, 6) is -0.707. The molecule has 1 heterocycles. The first-order valence-corrected chi connectivity index (χ1v) is 11.1. The molecule has 7 nitrogen and oxygen atoms in total. The Morgan fingerprint density at radius 3 is 2.48 bits per heavy atom. The maximum Gasteiger partial charge on any atom is 0.295 e. The average molecular weight is 452 g/mol. The quantitative estimate of drug-likeness (QED) is 0.393. The molecule has 33 heavy (non-hydrogen) atoms. The molecular weight excluding hydrogens is 422 g/mol. The van der Waals surface area contributed by atoms with Gasteiger partial charge in [-0.15, -0.1) is 0 Å². The Balaban J connectivity index is 1.90. The summed E-state index contributed by atoms with van der Waals surface area (Å²) in [7, 11) is 4.56. The van der Waals surface area contributed by atoms with E-state index in [1.165, 1.54) is 37.4 Å². The van der Waals surface area contributed by atoms with Crippen LogP contribution >= 0.6 is 0 Å². The SMILES string of the molecule is COCCN1C(=O)C(=O)/C(=C(/O)c2ccc3c(c2)CCCC3)C1c1cccc(OC)c1OC. The van der Waals surface area contributed by atoms with E-state index >= 15 is 0 Å². The second-order valence-electron chi connectivity index (χ2n) is 8.26. The molecule has 174 valence electrons. The number of rotatable bonds is 7. The van der Waals surface area contributed by atoms with Crippen molar-refractivity contribution >= 4 is 17.4 Å². The molecule has 2 aromatic carbocycles. The number of amides is 1. The summed E-state index contributed by atoms with van der Waals surface area (Å²) >= 11 is 0. The number of aryl methyl sites for hydroxylation is 2.